The summed E-state index contributed by atoms with van der Waals surface area (Å²) in [6.45, 7) is 6.79. The molecule has 0 saturated carbocycles. The second-order valence-corrected chi connectivity index (χ2v) is 15.7. The standard InChI is InChI=1S/C43H58N4O12/c1-21-12-11-13-22(2)42(55)45-33-28(20-44-47-17-15-46(9)16-18-47)37(52)30-31(38(33)53)36(51)26(6)40-32(30)41(54)43(8,59-40)57-19-14-29(56-10)23(3)39(58-27(7)48)25(5)35(50)24(4)34(21)49/h11-14,19-21,23-25,29,34-35,39,49-53H,15-18H2,1-10H3,(H,45,55)/b12-11-,19-14?,22-13-,44-20+/t21-,23+,24+,25+,29-,34-,35+,39+,43-/m0/s1/i17D2,18D2. The fourth-order valence-electron chi connectivity index (χ4n) is 7.56. The summed E-state index contributed by atoms with van der Waals surface area (Å²) in [7, 11) is 2.93. The minimum absolute atomic E-state index is 0.0440. The number of methoxy groups -OCH3 is 1. The molecule has 4 aliphatic rings. The van der Waals surface area contributed by atoms with Gasteiger partial charge in [-0.25, -0.2) is 0 Å². The number of aliphatic hydroxyl groups excluding tert-OH is 2. The van der Waals surface area contributed by atoms with Crippen LogP contribution in [0.2, 0.25) is 0 Å². The molecule has 0 unspecified atom stereocenters. The lowest BCUT2D eigenvalue weighted by Gasteiger charge is -2.38. The lowest BCUT2D eigenvalue weighted by molar-refractivity contribution is -0.160. The number of likely N-dealkylation sites (N-methyl/N-ethyl adjacent to an activating group) is 1. The average Bonchev–Trinajstić information content (AvgIpc) is 3.46. The van der Waals surface area contributed by atoms with Crippen molar-refractivity contribution >= 4 is 40.3 Å². The van der Waals surface area contributed by atoms with Crippen molar-refractivity contribution in [1.82, 2.24) is 9.91 Å². The number of phenols is 3. The zero-order valence-electron chi connectivity index (χ0n) is 38.9. The van der Waals surface area contributed by atoms with Gasteiger partial charge in [-0.3, -0.25) is 19.4 Å². The van der Waals surface area contributed by atoms with Crippen molar-refractivity contribution in [2.24, 2.45) is 28.8 Å². The normalized spacial score (nSPS) is 34.2. The summed E-state index contributed by atoms with van der Waals surface area (Å²) < 4.78 is 57.8. The van der Waals surface area contributed by atoms with Crippen molar-refractivity contribution in [3.05, 3.63) is 52.8 Å². The van der Waals surface area contributed by atoms with Gasteiger partial charge in [-0.15, -0.1) is 0 Å². The van der Waals surface area contributed by atoms with Crippen LogP contribution in [0.5, 0.6) is 23.0 Å². The number of nitrogens with one attached hydrogen (secondary N) is 1. The van der Waals surface area contributed by atoms with E-state index in [1.807, 2.05) is 0 Å². The number of esters is 1. The van der Waals surface area contributed by atoms with Crippen LogP contribution in [0.25, 0.3) is 10.8 Å². The monoisotopic (exact) mass is 826 g/mol. The number of amides is 1. The van der Waals surface area contributed by atoms with E-state index in [0.717, 1.165) is 12.5 Å². The summed E-state index contributed by atoms with van der Waals surface area (Å²) in [5.41, 5.74) is -1.35. The third-order valence-electron chi connectivity index (χ3n) is 11.3. The molecule has 6 rings (SSSR count). The Labute approximate surface area is 350 Å². The van der Waals surface area contributed by atoms with Gasteiger partial charge in [0.05, 0.1) is 58.5 Å². The molecule has 4 heterocycles. The Morgan fingerprint density at radius 1 is 1.00 bits per heavy atom. The molecule has 0 aromatic heterocycles. The van der Waals surface area contributed by atoms with Gasteiger partial charge in [-0.05, 0) is 27.0 Å². The molecule has 5 bridgehead atoms. The van der Waals surface area contributed by atoms with Crippen LogP contribution in [0.3, 0.4) is 0 Å². The number of phenolic OH excluding ortho intramolecular Hbond substituents is 3. The SMILES string of the molecule is [2H]C1([2H])CN(C)CC([2H])([2H])N1/N=C/c1c2c(O)c3c(O)c(C)c4c(c3c1O)C(=O)[C@@](C)(OC=C[C@H](OC)[C@@H](C)[C@@H](OC(C)=O)[C@H](C)[C@H](O)[C@H](C)[C@@H](O)[C@@H](C)/C=C\C=C(\C)C(=O)N2)O4. The number of carbonyl (C=O) groups excluding carboxylic acids is 3. The molecule has 9 atom stereocenters. The molecular formula is C43H58N4O12. The van der Waals surface area contributed by atoms with Crippen molar-refractivity contribution in [2.75, 3.05) is 45.6 Å². The van der Waals surface area contributed by atoms with Crippen LogP contribution in [-0.4, -0.2) is 130 Å². The summed E-state index contributed by atoms with van der Waals surface area (Å²) in [5.74, 6) is -9.72. The Bertz CT molecular complexity index is 2250. The summed E-state index contributed by atoms with van der Waals surface area (Å²) >= 11 is 0. The zero-order chi connectivity index (χ0) is 47.3. The zero-order valence-corrected chi connectivity index (χ0v) is 34.9. The molecular weight excluding hydrogens is 764 g/mol. The highest BCUT2D eigenvalue weighted by Gasteiger charge is 2.50. The third kappa shape index (κ3) is 8.91. The van der Waals surface area contributed by atoms with Crippen LogP contribution in [0.1, 0.15) is 75.4 Å². The highest BCUT2D eigenvalue weighted by molar-refractivity contribution is 6.23. The van der Waals surface area contributed by atoms with E-state index in [1.165, 1.54) is 65.0 Å². The summed E-state index contributed by atoms with van der Waals surface area (Å²) in [6.07, 6.45) is 3.82. The number of carbonyl (C=O) groups is 3. The number of aromatic hydroxyl groups is 3. The lowest BCUT2D eigenvalue weighted by atomic mass is 9.78. The predicted molar refractivity (Wildman–Crippen MR) is 220 cm³/mol. The maximum atomic E-state index is 14.5. The van der Waals surface area contributed by atoms with E-state index in [0.29, 0.717) is 5.01 Å². The number of hydrogen-bond donors (Lipinski definition) is 6. The van der Waals surface area contributed by atoms with Gasteiger partial charge in [-0.1, -0.05) is 45.9 Å². The Morgan fingerprint density at radius 2 is 1.66 bits per heavy atom. The predicted octanol–water partition coefficient (Wildman–Crippen LogP) is 4.34. The summed E-state index contributed by atoms with van der Waals surface area (Å²) in [6, 6.07) is 0. The molecule has 6 N–H and O–H groups in total. The molecule has 0 spiro atoms. The maximum absolute atomic E-state index is 14.5. The minimum Gasteiger partial charge on any atom is -0.507 e. The minimum atomic E-state index is -2.39. The van der Waals surface area contributed by atoms with E-state index in [2.05, 4.69) is 10.4 Å². The van der Waals surface area contributed by atoms with E-state index in [1.54, 1.807) is 33.8 Å². The fraction of sp³-hybridized carbons (Fsp3) is 0.535. The van der Waals surface area contributed by atoms with Gasteiger partial charge < -0.3 is 54.7 Å². The summed E-state index contributed by atoms with van der Waals surface area (Å²) in [5, 5.41) is 64.9. The number of rotatable bonds is 4. The molecule has 0 aliphatic carbocycles. The van der Waals surface area contributed by atoms with E-state index >= 15 is 0 Å². The van der Waals surface area contributed by atoms with Gasteiger partial charge in [0.25, 0.3) is 11.7 Å². The molecule has 0 radical (unpaired) electrons. The summed E-state index contributed by atoms with van der Waals surface area (Å²) in [4.78, 5) is 42.1. The van der Waals surface area contributed by atoms with Crippen LogP contribution in [-0.2, 0) is 23.8 Å². The Hall–Kier alpha value is -5.16. The van der Waals surface area contributed by atoms with E-state index in [9.17, 15) is 39.9 Å². The smallest absolute Gasteiger partial charge is 0.312 e. The van der Waals surface area contributed by atoms with E-state index < -0.39 is 124 Å². The molecule has 4 aliphatic heterocycles. The van der Waals surface area contributed by atoms with Gasteiger partial charge in [0.2, 0.25) is 0 Å². The number of piperazine rings is 1. The van der Waals surface area contributed by atoms with Crippen LogP contribution < -0.4 is 10.1 Å². The van der Waals surface area contributed by atoms with Crippen LogP contribution >= 0.6 is 0 Å². The first-order chi connectivity index (χ1) is 29.2. The first-order valence-electron chi connectivity index (χ1n) is 21.3. The number of nitrogens with zero attached hydrogens (tertiary/aromatic N) is 3. The van der Waals surface area contributed by atoms with Gasteiger partial charge >= 0.3 is 11.8 Å². The van der Waals surface area contributed by atoms with Crippen molar-refractivity contribution < 1.29 is 64.3 Å². The van der Waals surface area contributed by atoms with Crippen LogP contribution in [0.4, 0.5) is 5.69 Å². The maximum Gasteiger partial charge on any atom is 0.312 e. The number of ketones is 1. The second-order valence-electron chi connectivity index (χ2n) is 15.7. The number of ether oxygens (including phenoxy) is 4. The van der Waals surface area contributed by atoms with E-state index in [4.69, 9.17) is 24.4 Å². The number of aliphatic hydroxyl groups is 2. The number of hydrogen-bond acceptors (Lipinski definition) is 15. The molecule has 16 nitrogen and oxygen atoms in total. The quantitative estimate of drug-likeness (QED) is 0.109. The number of Topliss-reactive ketones (excluding diaryl/α,β-unsaturated/α-hetero) is 1. The number of fused-ring (bicyclic) bond motifs is 14. The first-order valence-corrected chi connectivity index (χ1v) is 19.3. The number of anilines is 1. The highest BCUT2D eigenvalue weighted by Crippen LogP contribution is 2.55. The Morgan fingerprint density at radius 3 is 2.29 bits per heavy atom. The largest absolute Gasteiger partial charge is 0.507 e. The van der Waals surface area contributed by atoms with Crippen molar-refractivity contribution in [1.29, 1.82) is 0 Å². The topological polar surface area (TPSA) is 220 Å². The molecule has 59 heavy (non-hydrogen) atoms. The first kappa shape index (κ1) is 39.3. The molecule has 2 aromatic carbocycles. The van der Waals surface area contributed by atoms with Crippen LogP contribution in [0.15, 0.2) is 41.2 Å². The fourth-order valence-corrected chi connectivity index (χ4v) is 7.56. The van der Waals surface area contributed by atoms with Gasteiger partial charge in [-0.2, -0.15) is 5.10 Å². The number of hydrazone groups is 1. The van der Waals surface area contributed by atoms with E-state index in [-0.39, 0.29) is 35.5 Å². The molecule has 2 aromatic rings. The van der Waals surface area contributed by atoms with Gasteiger partial charge in [0, 0.05) is 87.2 Å². The lowest BCUT2D eigenvalue weighted by Crippen LogP contribution is -2.46. The van der Waals surface area contributed by atoms with Crippen LogP contribution in [0, 0.1) is 30.6 Å². The molecule has 322 valence electrons. The van der Waals surface area contributed by atoms with Crippen molar-refractivity contribution in [3.63, 3.8) is 0 Å². The Kier molecular flexibility index (Phi) is 12.0. The molecule has 1 saturated heterocycles. The number of benzene rings is 2. The molecule has 16 heteroatoms. The average molecular weight is 827 g/mol. The number of allylic oxidation sites excluding steroid dienone is 2. The van der Waals surface area contributed by atoms with Gasteiger partial charge in [0.1, 0.15) is 23.4 Å². The van der Waals surface area contributed by atoms with Gasteiger partial charge in [0.15, 0.2) is 5.75 Å². The Balaban J connectivity index is 1.75. The van der Waals surface area contributed by atoms with Crippen molar-refractivity contribution in [3.8, 4) is 23.0 Å². The molecule has 1 fully saturated rings. The second kappa shape index (κ2) is 18.0. The third-order valence-corrected chi connectivity index (χ3v) is 11.3. The molecule has 1 amide bonds. The highest BCUT2D eigenvalue weighted by atomic mass is 16.7. The van der Waals surface area contributed by atoms with Crippen molar-refractivity contribution in [2.45, 2.75) is 85.6 Å².